The molecule has 0 saturated carbocycles. The van der Waals surface area contributed by atoms with Crippen LogP contribution in [0, 0.1) is 6.92 Å². The van der Waals surface area contributed by atoms with Crippen molar-refractivity contribution in [1.29, 1.82) is 0 Å². The van der Waals surface area contributed by atoms with Crippen LogP contribution in [-0.2, 0) is 0 Å². The van der Waals surface area contributed by atoms with E-state index < -0.39 is 0 Å². The van der Waals surface area contributed by atoms with Crippen LogP contribution in [-0.4, -0.2) is 42.9 Å². The SMILES string of the molecule is Cc1ccccc1C(=O)Nc1ccc(N2CCN(C(=O)c3cccs3)CC2)cc1. The van der Waals surface area contributed by atoms with Crippen LogP contribution in [0.1, 0.15) is 25.6 Å². The molecule has 1 N–H and O–H groups in total. The molecule has 0 atom stereocenters. The Bertz CT molecular complexity index is 991. The standard InChI is InChI=1S/C23H23N3O2S/c1-17-5-2-3-6-20(17)22(27)24-18-8-10-19(11-9-18)25-12-14-26(15-13-25)23(28)21-7-4-16-29-21/h2-11,16H,12-15H2,1H3,(H,24,27). The number of aryl methyl sites for hydroxylation is 1. The van der Waals surface area contributed by atoms with E-state index in [9.17, 15) is 9.59 Å². The fourth-order valence-electron chi connectivity index (χ4n) is 3.51. The molecule has 148 valence electrons. The van der Waals surface area contributed by atoms with E-state index in [1.807, 2.05) is 77.9 Å². The number of anilines is 2. The van der Waals surface area contributed by atoms with E-state index >= 15 is 0 Å². The lowest BCUT2D eigenvalue weighted by molar-refractivity contribution is 0.0751. The lowest BCUT2D eigenvalue weighted by Crippen LogP contribution is -2.48. The van der Waals surface area contributed by atoms with E-state index in [0.717, 1.165) is 34.9 Å². The number of nitrogens with zero attached hydrogens (tertiary/aromatic N) is 2. The molecule has 2 heterocycles. The third-order valence-corrected chi connectivity index (χ3v) is 6.04. The summed E-state index contributed by atoms with van der Waals surface area (Å²) in [5.74, 6) is 0.0190. The molecular weight excluding hydrogens is 382 g/mol. The van der Waals surface area contributed by atoms with Crippen molar-refractivity contribution in [3.63, 3.8) is 0 Å². The molecule has 1 fully saturated rings. The van der Waals surface area contributed by atoms with E-state index in [2.05, 4.69) is 10.2 Å². The molecule has 1 aliphatic rings. The Morgan fingerprint density at radius 1 is 0.897 bits per heavy atom. The molecule has 29 heavy (non-hydrogen) atoms. The average molecular weight is 406 g/mol. The smallest absolute Gasteiger partial charge is 0.264 e. The number of carbonyl (C=O) groups is 2. The van der Waals surface area contributed by atoms with Gasteiger partial charge in [-0.05, 0) is 54.3 Å². The molecule has 1 aliphatic heterocycles. The number of hydrogen-bond acceptors (Lipinski definition) is 4. The molecule has 0 radical (unpaired) electrons. The van der Waals surface area contributed by atoms with Crippen LogP contribution in [0.3, 0.4) is 0 Å². The average Bonchev–Trinajstić information content (AvgIpc) is 3.29. The molecule has 6 heteroatoms. The highest BCUT2D eigenvalue weighted by Gasteiger charge is 2.22. The number of nitrogens with one attached hydrogen (secondary N) is 1. The van der Waals surface area contributed by atoms with Gasteiger partial charge in [-0.2, -0.15) is 0 Å². The van der Waals surface area contributed by atoms with Crippen LogP contribution in [0.25, 0.3) is 0 Å². The molecule has 2 aromatic carbocycles. The lowest BCUT2D eigenvalue weighted by atomic mass is 10.1. The Balaban J connectivity index is 1.35. The largest absolute Gasteiger partial charge is 0.368 e. The molecule has 4 rings (SSSR count). The summed E-state index contributed by atoms with van der Waals surface area (Å²) in [4.78, 5) is 29.9. The number of amides is 2. The van der Waals surface area contributed by atoms with E-state index in [1.54, 1.807) is 0 Å². The van der Waals surface area contributed by atoms with Gasteiger partial charge in [-0.25, -0.2) is 0 Å². The molecule has 1 saturated heterocycles. The number of rotatable bonds is 4. The highest BCUT2D eigenvalue weighted by Crippen LogP contribution is 2.21. The molecule has 0 spiro atoms. The molecule has 0 unspecified atom stereocenters. The molecule has 3 aromatic rings. The summed E-state index contributed by atoms with van der Waals surface area (Å²) in [6.45, 7) is 4.95. The molecular formula is C23H23N3O2S. The molecule has 1 aromatic heterocycles. The van der Waals surface area contributed by atoms with Gasteiger partial charge in [0.25, 0.3) is 11.8 Å². The lowest BCUT2D eigenvalue weighted by Gasteiger charge is -2.36. The Morgan fingerprint density at radius 2 is 1.62 bits per heavy atom. The van der Waals surface area contributed by atoms with Crippen molar-refractivity contribution in [3.05, 3.63) is 82.0 Å². The van der Waals surface area contributed by atoms with Gasteiger partial charge in [0.05, 0.1) is 4.88 Å². The fourth-order valence-corrected chi connectivity index (χ4v) is 4.20. The zero-order valence-corrected chi connectivity index (χ0v) is 17.1. The maximum absolute atomic E-state index is 12.5. The van der Waals surface area contributed by atoms with Crippen LogP contribution in [0.2, 0.25) is 0 Å². The van der Waals surface area contributed by atoms with Crippen molar-refractivity contribution in [2.24, 2.45) is 0 Å². The minimum absolute atomic E-state index is 0.100. The van der Waals surface area contributed by atoms with E-state index in [4.69, 9.17) is 0 Å². The van der Waals surface area contributed by atoms with Gasteiger partial charge in [-0.3, -0.25) is 9.59 Å². The van der Waals surface area contributed by atoms with E-state index in [1.165, 1.54) is 11.3 Å². The topological polar surface area (TPSA) is 52.7 Å². The van der Waals surface area contributed by atoms with E-state index in [-0.39, 0.29) is 11.8 Å². The van der Waals surface area contributed by atoms with Crippen molar-refractivity contribution in [3.8, 4) is 0 Å². The van der Waals surface area contributed by atoms with Gasteiger partial charge in [-0.15, -0.1) is 11.3 Å². The predicted octanol–water partition coefficient (Wildman–Crippen LogP) is 4.27. The predicted molar refractivity (Wildman–Crippen MR) is 118 cm³/mol. The Hall–Kier alpha value is -3.12. The van der Waals surface area contributed by atoms with Crippen LogP contribution < -0.4 is 10.2 Å². The van der Waals surface area contributed by atoms with Crippen molar-refractivity contribution >= 4 is 34.5 Å². The summed E-state index contributed by atoms with van der Waals surface area (Å²) in [5, 5.41) is 4.89. The highest BCUT2D eigenvalue weighted by molar-refractivity contribution is 7.12. The molecule has 0 bridgehead atoms. The molecule has 2 amide bonds. The number of hydrogen-bond donors (Lipinski definition) is 1. The van der Waals surface area contributed by atoms with Gasteiger partial charge in [0.2, 0.25) is 0 Å². The summed E-state index contributed by atoms with van der Waals surface area (Å²) in [7, 11) is 0. The number of piperazine rings is 1. The maximum atomic E-state index is 12.5. The van der Waals surface area contributed by atoms with Crippen molar-refractivity contribution in [2.45, 2.75) is 6.92 Å². The summed E-state index contributed by atoms with van der Waals surface area (Å²) in [6.07, 6.45) is 0. The van der Waals surface area contributed by atoms with E-state index in [0.29, 0.717) is 18.7 Å². The highest BCUT2D eigenvalue weighted by atomic mass is 32.1. The first kappa shape index (κ1) is 19.2. The van der Waals surface area contributed by atoms with Gasteiger partial charge in [0.15, 0.2) is 0 Å². The number of carbonyl (C=O) groups excluding carboxylic acids is 2. The maximum Gasteiger partial charge on any atom is 0.264 e. The van der Waals surface area contributed by atoms with Crippen LogP contribution in [0.15, 0.2) is 66.0 Å². The fraction of sp³-hybridized carbons (Fsp3) is 0.217. The zero-order chi connectivity index (χ0) is 20.2. The van der Waals surface area contributed by atoms with Crippen LogP contribution in [0.5, 0.6) is 0 Å². The second-order valence-electron chi connectivity index (χ2n) is 7.07. The second kappa shape index (κ2) is 8.49. The normalized spacial score (nSPS) is 14.0. The minimum atomic E-state index is -0.100. The molecule has 0 aliphatic carbocycles. The first-order valence-electron chi connectivity index (χ1n) is 9.66. The van der Waals surface area contributed by atoms with Crippen molar-refractivity contribution in [1.82, 2.24) is 4.90 Å². The summed E-state index contributed by atoms with van der Waals surface area (Å²) < 4.78 is 0. The molecule has 5 nitrogen and oxygen atoms in total. The summed E-state index contributed by atoms with van der Waals surface area (Å²) >= 11 is 1.49. The number of thiophene rings is 1. The quantitative estimate of drug-likeness (QED) is 0.705. The van der Waals surface area contributed by atoms with Gasteiger partial charge < -0.3 is 15.1 Å². The summed E-state index contributed by atoms with van der Waals surface area (Å²) in [6, 6.07) is 19.2. The second-order valence-corrected chi connectivity index (χ2v) is 8.02. The first-order valence-corrected chi connectivity index (χ1v) is 10.5. The van der Waals surface area contributed by atoms with Gasteiger partial charge in [0, 0.05) is 43.1 Å². The Labute approximate surface area is 174 Å². The Morgan fingerprint density at radius 3 is 2.28 bits per heavy atom. The van der Waals surface area contributed by atoms with Gasteiger partial charge in [0.1, 0.15) is 0 Å². The van der Waals surface area contributed by atoms with Crippen molar-refractivity contribution in [2.75, 3.05) is 36.4 Å². The van der Waals surface area contributed by atoms with Crippen molar-refractivity contribution < 1.29 is 9.59 Å². The monoisotopic (exact) mass is 405 g/mol. The Kier molecular flexibility index (Phi) is 5.62. The first-order chi connectivity index (χ1) is 14.1. The minimum Gasteiger partial charge on any atom is -0.368 e. The zero-order valence-electron chi connectivity index (χ0n) is 16.3. The van der Waals surface area contributed by atoms with Crippen LogP contribution in [0.4, 0.5) is 11.4 Å². The summed E-state index contributed by atoms with van der Waals surface area (Å²) in [5.41, 5.74) is 3.51. The number of benzene rings is 2. The third kappa shape index (κ3) is 4.32. The van der Waals surface area contributed by atoms with Gasteiger partial charge >= 0.3 is 0 Å². The van der Waals surface area contributed by atoms with Gasteiger partial charge in [-0.1, -0.05) is 24.3 Å². The van der Waals surface area contributed by atoms with Crippen LogP contribution >= 0.6 is 11.3 Å². The third-order valence-electron chi connectivity index (χ3n) is 5.18.